The zero-order valence-corrected chi connectivity index (χ0v) is 17.5. The number of methoxy groups -OCH3 is 3. The third-order valence-electron chi connectivity index (χ3n) is 4.15. The van der Waals surface area contributed by atoms with Crippen LogP contribution in [0.5, 0.6) is 11.6 Å². The van der Waals surface area contributed by atoms with Gasteiger partial charge in [0.25, 0.3) is 0 Å². The van der Waals surface area contributed by atoms with Crippen molar-refractivity contribution in [1.82, 2.24) is 25.0 Å². The number of halogens is 1. The van der Waals surface area contributed by atoms with Gasteiger partial charge >= 0.3 is 6.03 Å². The average molecular weight is 434 g/mol. The molecule has 3 aromatic heterocycles. The lowest BCUT2D eigenvalue weighted by Crippen LogP contribution is -2.22. The Hall–Kier alpha value is -3.44. The minimum absolute atomic E-state index is 0.135. The van der Waals surface area contributed by atoms with E-state index in [1.165, 1.54) is 43.7 Å². The van der Waals surface area contributed by atoms with Gasteiger partial charge in [0.2, 0.25) is 5.88 Å². The minimum atomic E-state index is -0.560. The number of nitrogens with zero attached hydrogens (tertiary/aromatic N) is 5. The smallest absolute Gasteiger partial charge is 0.323 e. The highest BCUT2D eigenvalue weighted by molar-refractivity contribution is 6.32. The van der Waals surface area contributed by atoms with Gasteiger partial charge < -0.3 is 24.8 Å². The highest BCUT2D eigenvalue weighted by Gasteiger charge is 2.20. The largest absolute Gasteiger partial charge is 0.495 e. The summed E-state index contributed by atoms with van der Waals surface area (Å²) in [5.41, 5.74) is 1.33. The summed E-state index contributed by atoms with van der Waals surface area (Å²) in [6.07, 6.45) is 5.69. The van der Waals surface area contributed by atoms with Crippen LogP contribution < -0.4 is 20.1 Å². The number of anilines is 2. The van der Waals surface area contributed by atoms with Crippen molar-refractivity contribution >= 4 is 29.0 Å². The van der Waals surface area contributed by atoms with Crippen LogP contribution in [-0.4, -0.2) is 52.3 Å². The van der Waals surface area contributed by atoms with Gasteiger partial charge in [0, 0.05) is 12.7 Å². The molecule has 1 atom stereocenters. The van der Waals surface area contributed by atoms with Crippen LogP contribution in [0.4, 0.5) is 16.2 Å². The molecule has 3 rings (SSSR count). The van der Waals surface area contributed by atoms with Crippen LogP contribution in [0.25, 0.3) is 5.82 Å². The highest BCUT2D eigenvalue weighted by atomic mass is 35.5. The van der Waals surface area contributed by atoms with Gasteiger partial charge in [-0.15, -0.1) is 4.80 Å². The molecule has 0 unspecified atom stereocenters. The first-order valence-corrected chi connectivity index (χ1v) is 9.10. The number of hydrogen-bond donors (Lipinski definition) is 2. The predicted octanol–water partition coefficient (Wildman–Crippen LogP) is 3.08. The number of carbonyl (C=O) groups excluding carboxylic acids is 1. The molecule has 11 nitrogen and oxygen atoms in total. The molecular weight excluding hydrogens is 414 g/mol. The number of ether oxygens (including phenoxy) is 3. The Balaban J connectivity index is 1.86. The fourth-order valence-corrected chi connectivity index (χ4v) is 2.93. The van der Waals surface area contributed by atoms with Crippen molar-refractivity contribution in [2.24, 2.45) is 0 Å². The highest BCUT2D eigenvalue weighted by Crippen LogP contribution is 2.33. The fraction of sp³-hybridized carbons (Fsp3) is 0.278. The third-order valence-corrected chi connectivity index (χ3v) is 4.43. The molecule has 0 aliphatic rings. The van der Waals surface area contributed by atoms with E-state index in [1.807, 2.05) is 6.92 Å². The van der Waals surface area contributed by atoms with E-state index in [0.29, 0.717) is 17.0 Å². The summed E-state index contributed by atoms with van der Waals surface area (Å²) in [6, 6.07) is 0.935. The average Bonchev–Trinajstić information content (AvgIpc) is 3.27. The Kier molecular flexibility index (Phi) is 6.65. The van der Waals surface area contributed by atoms with E-state index < -0.39 is 6.03 Å². The van der Waals surface area contributed by atoms with Gasteiger partial charge in [0.15, 0.2) is 5.82 Å². The molecule has 2 N–H and O–H groups in total. The van der Waals surface area contributed by atoms with Crippen molar-refractivity contribution in [3.8, 4) is 17.4 Å². The lowest BCUT2D eigenvalue weighted by atomic mass is 10.1. The molecule has 12 heteroatoms. The lowest BCUT2D eigenvalue weighted by Gasteiger charge is -2.19. The molecule has 0 radical (unpaired) electrons. The number of pyridine rings is 2. The summed E-state index contributed by atoms with van der Waals surface area (Å²) < 4.78 is 16.0. The van der Waals surface area contributed by atoms with Gasteiger partial charge in [-0.25, -0.2) is 4.79 Å². The van der Waals surface area contributed by atoms with Crippen LogP contribution in [0, 0.1) is 0 Å². The Bertz CT molecular complexity index is 1030. The third kappa shape index (κ3) is 4.42. The Morgan fingerprint density at radius 2 is 1.80 bits per heavy atom. The maximum atomic E-state index is 12.6. The molecule has 2 amide bonds. The van der Waals surface area contributed by atoms with Crippen LogP contribution in [0.2, 0.25) is 5.02 Å². The number of amides is 2. The summed E-state index contributed by atoms with van der Waals surface area (Å²) in [4.78, 5) is 22.2. The molecule has 0 aliphatic heterocycles. The second-order valence-corrected chi connectivity index (χ2v) is 6.34. The summed E-state index contributed by atoms with van der Waals surface area (Å²) in [6.45, 7) is 1.83. The summed E-state index contributed by atoms with van der Waals surface area (Å²) in [7, 11) is 4.49. The van der Waals surface area contributed by atoms with Crippen LogP contribution >= 0.6 is 11.6 Å². The fourth-order valence-electron chi connectivity index (χ4n) is 2.70. The second-order valence-electron chi connectivity index (χ2n) is 5.93. The zero-order valence-electron chi connectivity index (χ0n) is 16.7. The number of aromatic nitrogens is 5. The van der Waals surface area contributed by atoms with Crippen molar-refractivity contribution in [1.29, 1.82) is 0 Å². The van der Waals surface area contributed by atoms with E-state index in [1.54, 1.807) is 13.3 Å². The van der Waals surface area contributed by atoms with Crippen LogP contribution in [0.3, 0.4) is 0 Å². The SMILES string of the molecule is COc1cncc(NC(=O)Nc2cc(Cl)c(-n3nccn3)nc2OC)c1[C@H](C)OC. The number of urea groups is 1. The minimum Gasteiger partial charge on any atom is -0.495 e. The summed E-state index contributed by atoms with van der Waals surface area (Å²) in [5, 5.41) is 13.6. The molecule has 158 valence electrons. The van der Waals surface area contributed by atoms with E-state index in [0.717, 1.165) is 0 Å². The van der Waals surface area contributed by atoms with E-state index in [9.17, 15) is 4.79 Å². The molecule has 0 fully saturated rings. The van der Waals surface area contributed by atoms with Crippen molar-refractivity contribution < 1.29 is 19.0 Å². The van der Waals surface area contributed by atoms with E-state index in [-0.39, 0.29) is 28.5 Å². The quantitative estimate of drug-likeness (QED) is 0.582. The van der Waals surface area contributed by atoms with Gasteiger partial charge in [-0.2, -0.15) is 15.2 Å². The van der Waals surface area contributed by atoms with E-state index >= 15 is 0 Å². The van der Waals surface area contributed by atoms with Gasteiger partial charge in [-0.3, -0.25) is 4.98 Å². The number of hydrogen-bond acceptors (Lipinski definition) is 8. The van der Waals surface area contributed by atoms with Gasteiger partial charge in [-0.1, -0.05) is 11.6 Å². The van der Waals surface area contributed by atoms with Gasteiger partial charge in [-0.05, 0) is 13.0 Å². The van der Waals surface area contributed by atoms with Crippen molar-refractivity contribution in [3.63, 3.8) is 0 Å². The van der Waals surface area contributed by atoms with Crippen LogP contribution in [0.15, 0.2) is 30.9 Å². The Morgan fingerprint density at radius 1 is 1.10 bits per heavy atom. The van der Waals surface area contributed by atoms with Gasteiger partial charge in [0.05, 0.1) is 55.8 Å². The maximum absolute atomic E-state index is 12.6. The predicted molar refractivity (Wildman–Crippen MR) is 110 cm³/mol. The first kappa shape index (κ1) is 21.3. The molecule has 0 saturated carbocycles. The first-order valence-electron chi connectivity index (χ1n) is 8.72. The monoisotopic (exact) mass is 433 g/mol. The molecule has 0 saturated heterocycles. The number of rotatable bonds is 7. The standard InChI is InChI=1S/C18H20ClN7O4/c1-10(28-2)15-13(8-20-9-14(15)29-3)24-18(27)23-12-7-11(19)16(25-17(12)30-4)26-21-5-6-22-26/h5-10H,1-4H3,(H2,23,24,27)/t10-/m0/s1. The van der Waals surface area contributed by atoms with Crippen molar-refractivity contribution in [2.45, 2.75) is 13.0 Å². The summed E-state index contributed by atoms with van der Waals surface area (Å²) in [5.74, 6) is 0.884. The Labute approximate surface area is 177 Å². The molecule has 30 heavy (non-hydrogen) atoms. The molecule has 0 aliphatic carbocycles. The van der Waals surface area contributed by atoms with Crippen molar-refractivity contribution in [2.75, 3.05) is 32.0 Å². The Morgan fingerprint density at radius 3 is 2.43 bits per heavy atom. The molecular formula is C18H20ClN7O4. The van der Waals surface area contributed by atoms with Crippen LogP contribution in [-0.2, 0) is 4.74 Å². The molecule has 0 bridgehead atoms. The topological polar surface area (TPSA) is 125 Å². The zero-order chi connectivity index (χ0) is 21.7. The van der Waals surface area contributed by atoms with Crippen LogP contribution in [0.1, 0.15) is 18.6 Å². The van der Waals surface area contributed by atoms with Gasteiger partial charge in [0.1, 0.15) is 11.4 Å². The lowest BCUT2D eigenvalue weighted by molar-refractivity contribution is 0.117. The molecule has 0 spiro atoms. The summed E-state index contributed by atoms with van der Waals surface area (Å²) >= 11 is 6.28. The first-order chi connectivity index (χ1) is 14.5. The number of carbonyl (C=O) groups is 1. The van der Waals surface area contributed by atoms with E-state index in [4.69, 9.17) is 25.8 Å². The second kappa shape index (κ2) is 9.37. The number of nitrogens with one attached hydrogen (secondary N) is 2. The molecule has 3 heterocycles. The molecule has 3 aromatic rings. The molecule has 0 aromatic carbocycles. The maximum Gasteiger partial charge on any atom is 0.323 e. The van der Waals surface area contributed by atoms with Crippen molar-refractivity contribution in [3.05, 3.63) is 41.4 Å². The normalized spacial score (nSPS) is 11.6. The van der Waals surface area contributed by atoms with E-state index in [2.05, 4.69) is 30.8 Å².